The van der Waals surface area contributed by atoms with Crippen LogP contribution in [0.5, 0.6) is 0 Å². The van der Waals surface area contributed by atoms with Gasteiger partial charge in [0.2, 0.25) is 5.52 Å². The fourth-order valence-electron chi connectivity index (χ4n) is 3.19. The van der Waals surface area contributed by atoms with E-state index in [1.807, 2.05) is 54.6 Å². The number of hydrogen-bond donors (Lipinski definition) is 1. The molecule has 4 rings (SSSR count). The van der Waals surface area contributed by atoms with Gasteiger partial charge in [-0.2, -0.15) is 4.79 Å². The maximum atomic E-state index is 11.4. The summed E-state index contributed by atoms with van der Waals surface area (Å²) in [5.74, 6) is 0. The number of carboxylic acid groups (broad SMARTS) is 1. The predicted octanol–water partition coefficient (Wildman–Crippen LogP) is 5.31. The van der Waals surface area contributed by atoms with Gasteiger partial charge in [0.1, 0.15) is 0 Å². The van der Waals surface area contributed by atoms with Crippen molar-refractivity contribution in [3.05, 3.63) is 95.7 Å². The van der Waals surface area contributed by atoms with Gasteiger partial charge in [-0.05, 0) is 29.8 Å². The zero-order valence-electron chi connectivity index (χ0n) is 15.3. The van der Waals surface area contributed by atoms with Crippen molar-refractivity contribution in [1.82, 2.24) is 0 Å². The van der Waals surface area contributed by atoms with Crippen molar-refractivity contribution in [2.45, 2.75) is 4.90 Å². The molecule has 1 aromatic heterocycles. The number of para-hydroxylation sites is 2. The lowest BCUT2D eigenvalue weighted by Gasteiger charge is -2.12. The molecule has 0 saturated carbocycles. The van der Waals surface area contributed by atoms with Gasteiger partial charge in [0.25, 0.3) is 0 Å². The van der Waals surface area contributed by atoms with Crippen molar-refractivity contribution < 1.29 is 14.5 Å². The number of nitrogens with zero attached hydrogens (tertiary/aromatic N) is 2. The highest BCUT2D eigenvalue weighted by Crippen LogP contribution is 2.44. The highest BCUT2D eigenvalue weighted by atomic mass is 32.2. The summed E-state index contributed by atoms with van der Waals surface area (Å²) in [7, 11) is 2.07. The number of carbonyl (C=O) groups is 1. The van der Waals surface area contributed by atoms with E-state index in [0.29, 0.717) is 5.52 Å². The smallest absolute Gasteiger partial charge is 0.427 e. The van der Waals surface area contributed by atoms with Crippen LogP contribution in [0, 0.1) is 0 Å². The number of thioether (sulfide) groups is 1. The lowest BCUT2D eigenvalue weighted by molar-refractivity contribution is -0.556. The Hall–Kier alpha value is -3.31. The standard InChI is InChI=1S/C23H18N2O2S/c1-24-20-12-7-8-13-21(20)28-22(24)14-4-2-3-9-17-15-16-25(23(26)27)19-11-6-5-10-18(17)19/h2-16H,1H3/p+1. The Morgan fingerprint density at radius 2 is 1.82 bits per heavy atom. The lowest BCUT2D eigenvalue weighted by Crippen LogP contribution is -2.41. The number of benzene rings is 2. The summed E-state index contributed by atoms with van der Waals surface area (Å²) >= 11 is 1.76. The molecule has 1 aliphatic rings. The Bertz CT molecular complexity index is 1150. The summed E-state index contributed by atoms with van der Waals surface area (Å²) < 4.78 is 1.23. The quantitative estimate of drug-likeness (QED) is 0.489. The first-order valence-corrected chi connectivity index (χ1v) is 9.69. The van der Waals surface area contributed by atoms with Gasteiger partial charge in [-0.15, -0.1) is 0 Å². The van der Waals surface area contributed by atoms with Crippen LogP contribution in [0.3, 0.4) is 0 Å². The minimum atomic E-state index is -0.988. The summed E-state index contributed by atoms with van der Waals surface area (Å²) in [5, 5.41) is 11.4. The summed E-state index contributed by atoms with van der Waals surface area (Å²) in [6.07, 6.45) is 10.6. The topological polar surface area (TPSA) is 44.4 Å². The molecule has 0 radical (unpaired) electrons. The fourth-order valence-corrected chi connectivity index (χ4v) is 4.26. The van der Waals surface area contributed by atoms with Crippen LogP contribution in [0.4, 0.5) is 10.5 Å². The van der Waals surface area contributed by atoms with Gasteiger partial charge in [0, 0.05) is 24.1 Å². The Labute approximate surface area is 167 Å². The molecule has 0 aliphatic carbocycles. The van der Waals surface area contributed by atoms with Crippen LogP contribution in [0.1, 0.15) is 5.56 Å². The van der Waals surface area contributed by atoms with Gasteiger partial charge < -0.3 is 10.0 Å². The molecule has 1 aliphatic heterocycles. The van der Waals surface area contributed by atoms with Crippen LogP contribution in [0.15, 0.2) is 95.0 Å². The molecule has 0 amide bonds. The number of hydrogen-bond acceptors (Lipinski definition) is 3. The van der Waals surface area contributed by atoms with E-state index < -0.39 is 6.09 Å². The third kappa shape index (κ3) is 3.44. The van der Waals surface area contributed by atoms with Crippen LogP contribution in [-0.4, -0.2) is 18.2 Å². The summed E-state index contributed by atoms with van der Waals surface area (Å²) in [6.45, 7) is 0. The van der Waals surface area contributed by atoms with Crippen LogP contribution >= 0.6 is 11.8 Å². The Morgan fingerprint density at radius 3 is 2.64 bits per heavy atom. The highest BCUT2D eigenvalue weighted by molar-refractivity contribution is 8.03. The third-order valence-corrected chi connectivity index (χ3v) is 5.78. The minimum absolute atomic E-state index is 0.671. The normalized spacial score (nSPS) is 15.2. The van der Waals surface area contributed by atoms with Crippen LogP contribution in [0.25, 0.3) is 17.0 Å². The number of aromatic nitrogens is 1. The molecule has 28 heavy (non-hydrogen) atoms. The fraction of sp³-hybridized carbons (Fsp3) is 0.0435. The monoisotopic (exact) mass is 387 g/mol. The van der Waals surface area contributed by atoms with Crippen molar-refractivity contribution >= 4 is 40.5 Å². The van der Waals surface area contributed by atoms with E-state index in [1.165, 1.54) is 20.2 Å². The van der Waals surface area contributed by atoms with Crippen molar-refractivity contribution in [2.75, 3.05) is 11.9 Å². The molecule has 1 N–H and O–H groups in total. The number of anilines is 1. The van der Waals surface area contributed by atoms with E-state index in [-0.39, 0.29) is 0 Å². The molecule has 2 heterocycles. The first kappa shape index (κ1) is 18.1. The number of fused-ring (bicyclic) bond motifs is 2. The Kier molecular flexibility index (Phi) is 5.00. The van der Waals surface area contributed by atoms with E-state index in [4.69, 9.17) is 0 Å². The lowest BCUT2D eigenvalue weighted by atomic mass is 10.1. The van der Waals surface area contributed by atoms with Crippen LogP contribution < -0.4 is 9.47 Å². The van der Waals surface area contributed by atoms with Gasteiger partial charge in [0.05, 0.1) is 16.1 Å². The summed E-state index contributed by atoms with van der Waals surface area (Å²) in [5.41, 5.74) is 2.88. The van der Waals surface area contributed by atoms with Crippen LogP contribution in [0.2, 0.25) is 0 Å². The molecule has 0 spiro atoms. The minimum Gasteiger partial charge on any atom is -0.427 e. The van der Waals surface area contributed by atoms with Gasteiger partial charge >= 0.3 is 6.09 Å². The second kappa shape index (κ2) is 7.74. The zero-order valence-corrected chi connectivity index (χ0v) is 16.1. The molecular formula is C23H19N2O2S+. The average Bonchev–Trinajstić information content (AvgIpc) is 3.03. The number of allylic oxidation sites excluding steroid dienone is 4. The maximum absolute atomic E-state index is 11.4. The van der Waals surface area contributed by atoms with Crippen molar-refractivity contribution in [3.63, 3.8) is 0 Å². The summed E-state index contributed by atoms with van der Waals surface area (Å²) in [4.78, 5) is 14.8. The van der Waals surface area contributed by atoms with E-state index in [1.54, 1.807) is 18.0 Å². The Morgan fingerprint density at radius 1 is 1.04 bits per heavy atom. The molecule has 0 saturated heterocycles. The molecule has 138 valence electrons. The molecule has 5 heteroatoms. The van der Waals surface area contributed by atoms with E-state index in [0.717, 1.165) is 10.9 Å². The van der Waals surface area contributed by atoms with Crippen molar-refractivity contribution in [2.24, 2.45) is 0 Å². The molecule has 4 nitrogen and oxygen atoms in total. The van der Waals surface area contributed by atoms with E-state index in [9.17, 15) is 9.90 Å². The largest absolute Gasteiger partial charge is 0.599 e. The van der Waals surface area contributed by atoms with Crippen LogP contribution in [-0.2, 0) is 0 Å². The number of rotatable bonds is 3. The maximum Gasteiger partial charge on any atom is 0.599 e. The first-order valence-electron chi connectivity index (χ1n) is 8.87. The third-order valence-electron chi connectivity index (χ3n) is 4.59. The second-order valence-corrected chi connectivity index (χ2v) is 7.38. The second-order valence-electron chi connectivity index (χ2n) is 6.32. The highest BCUT2D eigenvalue weighted by Gasteiger charge is 2.20. The summed E-state index contributed by atoms with van der Waals surface area (Å²) in [6, 6.07) is 17.7. The van der Waals surface area contributed by atoms with E-state index >= 15 is 0 Å². The Balaban J connectivity index is 1.53. The molecule has 0 bridgehead atoms. The first-order chi connectivity index (χ1) is 13.6. The molecule has 0 unspecified atom stereocenters. The molecule has 2 aromatic carbocycles. The van der Waals surface area contributed by atoms with Gasteiger partial charge in [0.15, 0.2) is 6.20 Å². The molecule has 3 aromatic rings. The molecule has 0 fully saturated rings. The van der Waals surface area contributed by atoms with Gasteiger partial charge in [-0.25, -0.2) is 0 Å². The molecular weight excluding hydrogens is 368 g/mol. The number of pyridine rings is 1. The van der Waals surface area contributed by atoms with Gasteiger partial charge in [-0.3, -0.25) is 0 Å². The van der Waals surface area contributed by atoms with E-state index in [2.05, 4.69) is 42.3 Å². The zero-order chi connectivity index (χ0) is 19.5. The SMILES string of the molecule is CN1C(=CC=CC=Cc2cc[n+](C(=O)O)c3ccccc23)Sc2ccccc21. The molecule has 0 atom stereocenters. The van der Waals surface area contributed by atoms with Gasteiger partial charge in [-0.1, -0.05) is 64.9 Å². The predicted molar refractivity (Wildman–Crippen MR) is 115 cm³/mol. The van der Waals surface area contributed by atoms with Crippen molar-refractivity contribution in [3.8, 4) is 0 Å². The average molecular weight is 387 g/mol. The van der Waals surface area contributed by atoms with Crippen molar-refractivity contribution in [1.29, 1.82) is 0 Å².